The second kappa shape index (κ2) is 5.54. The smallest absolute Gasteiger partial charge is 0.230 e. The molecule has 0 aromatic carbocycles. The van der Waals surface area contributed by atoms with Crippen molar-refractivity contribution in [3.8, 4) is 0 Å². The van der Waals surface area contributed by atoms with Crippen LogP contribution < -0.4 is 10.6 Å². The third-order valence-electron chi connectivity index (χ3n) is 1.66. The van der Waals surface area contributed by atoms with Gasteiger partial charge in [-0.2, -0.15) is 4.39 Å². The van der Waals surface area contributed by atoms with Crippen LogP contribution in [0, 0.1) is 5.95 Å². The summed E-state index contributed by atoms with van der Waals surface area (Å²) in [6, 6.07) is 0. The molecule has 0 aliphatic carbocycles. The maximum Gasteiger partial charge on any atom is 0.230 e. The lowest BCUT2D eigenvalue weighted by Gasteiger charge is -2.13. The van der Waals surface area contributed by atoms with Gasteiger partial charge in [0.05, 0.1) is 15.8 Å². The van der Waals surface area contributed by atoms with E-state index in [0.717, 1.165) is 0 Å². The summed E-state index contributed by atoms with van der Waals surface area (Å²) >= 11 is 5.97. The number of anilines is 2. The minimum atomic E-state index is -0.797. The lowest BCUT2D eigenvalue weighted by molar-refractivity contribution is -0.115. The number of aromatic nitrogens is 1. The summed E-state index contributed by atoms with van der Waals surface area (Å²) in [6.07, 6.45) is 0. The van der Waals surface area contributed by atoms with Gasteiger partial charge in [-0.3, -0.25) is 9.59 Å². The third kappa shape index (κ3) is 3.47. The van der Waals surface area contributed by atoms with Crippen molar-refractivity contribution in [1.29, 1.82) is 0 Å². The highest BCUT2D eigenvalue weighted by atomic mass is 79.9. The third-order valence-corrected chi connectivity index (χ3v) is 2.95. The van der Waals surface area contributed by atoms with Gasteiger partial charge in [0.25, 0.3) is 0 Å². The van der Waals surface area contributed by atoms with Crippen LogP contribution in [-0.4, -0.2) is 16.8 Å². The molecule has 0 unspecified atom stereocenters. The zero-order chi connectivity index (χ0) is 13.2. The van der Waals surface area contributed by atoms with Crippen LogP contribution in [-0.2, 0) is 9.59 Å². The Morgan fingerprint density at radius 2 is 1.59 bits per heavy atom. The number of carbonyl (C=O) groups excluding carboxylic acids is 2. The van der Waals surface area contributed by atoms with E-state index in [-0.39, 0.29) is 26.4 Å². The van der Waals surface area contributed by atoms with Crippen LogP contribution in [0.15, 0.2) is 9.08 Å². The fraction of sp³-hybridized carbons (Fsp3) is 0.222. The van der Waals surface area contributed by atoms with E-state index in [2.05, 4.69) is 47.5 Å². The van der Waals surface area contributed by atoms with Crippen molar-refractivity contribution >= 4 is 55.0 Å². The molecular weight excluding hydrogens is 361 g/mol. The molecule has 2 amide bonds. The number of carbonyl (C=O) groups is 2. The molecule has 1 heterocycles. The highest BCUT2D eigenvalue weighted by molar-refractivity contribution is 9.11. The molecule has 0 saturated carbocycles. The maximum atomic E-state index is 13.4. The lowest BCUT2D eigenvalue weighted by Crippen LogP contribution is -2.14. The summed E-state index contributed by atoms with van der Waals surface area (Å²) in [4.78, 5) is 25.6. The molecule has 0 spiro atoms. The first-order valence-electron chi connectivity index (χ1n) is 4.42. The van der Waals surface area contributed by atoms with Gasteiger partial charge in [-0.15, -0.1) is 0 Å². The van der Waals surface area contributed by atoms with Gasteiger partial charge in [0.2, 0.25) is 17.8 Å². The molecule has 1 rings (SSSR count). The summed E-state index contributed by atoms with van der Waals surface area (Å²) in [6.45, 7) is 2.57. The number of halogens is 3. The van der Waals surface area contributed by atoms with E-state index in [0.29, 0.717) is 0 Å². The fourth-order valence-corrected chi connectivity index (χ4v) is 1.93. The topological polar surface area (TPSA) is 71.1 Å². The van der Waals surface area contributed by atoms with E-state index in [9.17, 15) is 14.0 Å². The predicted molar refractivity (Wildman–Crippen MR) is 68.2 cm³/mol. The average molecular weight is 369 g/mol. The molecule has 92 valence electrons. The Hall–Kier alpha value is -1.02. The zero-order valence-corrected chi connectivity index (χ0v) is 12.1. The van der Waals surface area contributed by atoms with E-state index in [1.54, 1.807) is 0 Å². The highest BCUT2D eigenvalue weighted by Gasteiger charge is 2.18. The number of hydrogen-bond acceptors (Lipinski definition) is 3. The zero-order valence-electron chi connectivity index (χ0n) is 8.90. The Balaban J connectivity index is 3.38. The lowest BCUT2D eigenvalue weighted by atomic mass is 10.3. The molecule has 0 bridgehead atoms. The van der Waals surface area contributed by atoms with E-state index >= 15 is 0 Å². The molecule has 0 radical (unpaired) electrons. The molecule has 0 aliphatic rings. The number of pyridine rings is 1. The van der Waals surface area contributed by atoms with Gasteiger partial charge in [-0.1, -0.05) is 0 Å². The Morgan fingerprint density at radius 1 is 1.12 bits per heavy atom. The van der Waals surface area contributed by atoms with Crippen molar-refractivity contribution in [2.24, 2.45) is 0 Å². The Kier molecular flexibility index (Phi) is 4.58. The highest BCUT2D eigenvalue weighted by Crippen LogP contribution is 2.37. The van der Waals surface area contributed by atoms with E-state index in [1.807, 2.05) is 0 Å². The minimum Gasteiger partial charge on any atom is -0.323 e. The summed E-state index contributed by atoms with van der Waals surface area (Å²) in [5, 5.41) is 4.87. The first kappa shape index (κ1) is 14.0. The standard InChI is InChI=1S/C9H8Br2FN3O2/c1-3(16)13-6-5(10)9(12)15-8(11)7(6)14-4(2)17/h1-2H3,(H,14,17)(H,13,15,16). The van der Waals surface area contributed by atoms with Gasteiger partial charge in [-0.25, -0.2) is 4.98 Å². The number of hydrogen-bond donors (Lipinski definition) is 2. The Labute approximate surface area is 113 Å². The molecule has 0 atom stereocenters. The van der Waals surface area contributed by atoms with Crippen molar-refractivity contribution in [3.05, 3.63) is 15.0 Å². The molecule has 2 N–H and O–H groups in total. The number of rotatable bonds is 2. The van der Waals surface area contributed by atoms with Gasteiger partial charge in [0.1, 0.15) is 4.60 Å². The molecule has 0 fully saturated rings. The van der Waals surface area contributed by atoms with Crippen LogP contribution in [0.25, 0.3) is 0 Å². The molecule has 0 aliphatic heterocycles. The molecule has 0 saturated heterocycles. The molecular formula is C9H8Br2FN3O2. The quantitative estimate of drug-likeness (QED) is 0.788. The van der Waals surface area contributed by atoms with Crippen LogP contribution in [0.3, 0.4) is 0 Å². The first-order chi connectivity index (χ1) is 7.82. The van der Waals surface area contributed by atoms with E-state index < -0.39 is 11.9 Å². The van der Waals surface area contributed by atoms with Crippen LogP contribution in [0.5, 0.6) is 0 Å². The van der Waals surface area contributed by atoms with Crippen molar-refractivity contribution in [1.82, 2.24) is 4.98 Å². The van der Waals surface area contributed by atoms with Crippen molar-refractivity contribution in [2.75, 3.05) is 10.6 Å². The Bertz CT molecular complexity index is 494. The summed E-state index contributed by atoms with van der Waals surface area (Å²) in [5.41, 5.74) is 0.313. The van der Waals surface area contributed by atoms with Gasteiger partial charge in [0, 0.05) is 13.8 Å². The normalized spacial score (nSPS) is 9.94. The average Bonchev–Trinajstić information content (AvgIpc) is 2.19. The van der Waals surface area contributed by atoms with Crippen LogP contribution in [0.4, 0.5) is 15.8 Å². The van der Waals surface area contributed by atoms with Crippen molar-refractivity contribution in [2.45, 2.75) is 13.8 Å². The number of nitrogens with one attached hydrogen (secondary N) is 2. The van der Waals surface area contributed by atoms with Crippen LogP contribution >= 0.6 is 31.9 Å². The number of nitrogens with zero attached hydrogens (tertiary/aromatic N) is 1. The first-order valence-corrected chi connectivity index (χ1v) is 6.01. The van der Waals surface area contributed by atoms with E-state index in [1.165, 1.54) is 13.8 Å². The van der Waals surface area contributed by atoms with Crippen LogP contribution in [0.2, 0.25) is 0 Å². The van der Waals surface area contributed by atoms with Gasteiger partial charge < -0.3 is 10.6 Å². The summed E-state index contributed by atoms with van der Waals surface area (Å²) in [5.74, 6) is -1.55. The summed E-state index contributed by atoms with van der Waals surface area (Å²) < 4.78 is 13.4. The molecule has 1 aromatic heterocycles. The largest absolute Gasteiger partial charge is 0.323 e. The maximum absolute atomic E-state index is 13.4. The monoisotopic (exact) mass is 367 g/mol. The van der Waals surface area contributed by atoms with E-state index in [4.69, 9.17) is 0 Å². The second-order valence-electron chi connectivity index (χ2n) is 3.12. The van der Waals surface area contributed by atoms with Gasteiger partial charge >= 0.3 is 0 Å². The number of amides is 2. The molecule has 8 heteroatoms. The molecule has 1 aromatic rings. The minimum absolute atomic E-state index is 0.0281. The predicted octanol–water partition coefficient (Wildman–Crippen LogP) is 2.66. The Morgan fingerprint density at radius 3 is 2.06 bits per heavy atom. The van der Waals surface area contributed by atoms with Gasteiger partial charge in [0.15, 0.2) is 0 Å². The van der Waals surface area contributed by atoms with Crippen LogP contribution in [0.1, 0.15) is 13.8 Å². The fourth-order valence-electron chi connectivity index (χ4n) is 1.09. The SMILES string of the molecule is CC(=O)Nc1c(Br)nc(F)c(Br)c1NC(C)=O. The summed E-state index contributed by atoms with van der Waals surface area (Å²) in [7, 11) is 0. The van der Waals surface area contributed by atoms with Gasteiger partial charge in [-0.05, 0) is 31.9 Å². The molecule has 17 heavy (non-hydrogen) atoms. The molecule has 5 nitrogen and oxygen atoms in total. The van der Waals surface area contributed by atoms with Crippen molar-refractivity contribution < 1.29 is 14.0 Å². The second-order valence-corrected chi connectivity index (χ2v) is 4.66. The van der Waals surface area contributed by atoms with Crippen molar-refractivity contribution in [3.63, 3.8) is 0 Å².